The van der Waals surface area contributed by atoms with Crippen molar-refractivity contribution in [3.63, 3.8) is 0 Å². The zero-order valence-electron chi connectivity index (χ0n) is 12.6. The first-order valence-electron chi connectivity index (χ1n) is 7.57. The van der Waals surface area contributed by atoms with Gasteiger partial charge in [0.25, 0.3) is 0 Å². The van der Waals surface area contributed by atoms with Gasteiger partial charge >= 0.3 is 0 Å². The van der Waals surface area contributed by atoms with Gasteiger partial charge in [0.2, 0.25) is 0 Å². The van der Waals surface area contributed by atoms with Crippen LogP contribution in [0.4, 0.5) is 0 Å². The molecule has 6 nitrogen and oxygen atoms in total. The molecule has 6 heteroatoms. The Morgan fingerprint density at radius 2 is 1.21 bits per heavy atom. The van der Waals surface area contributed by atoms with Crippen molar-refractivity contribution in [1.29, 1.82) is 0 Å². The highest BCUT2D eigenvalue weighted by Gasteiger charge is 2.12. The molecule has 24 heavy (non-hydrogen) atoms. The molecule has 0 aromatic carbocycles. The summed E-state index contributed by atoms with van der Waals surface area (Å²) in [6.07, 6.45) is 9.00. The first-order chi connectivity index (χ1) is 11.9. The lowest BCUT2D eigenvalue weighted by Gasteiger charge is -2.02. The van der Waals surface area contributed by atoms with Crippen LogP contribution in [0, 0.1) is 0 Å². The number of aromatic amines is 2. The van der Waals surface area contributed by atoms with Gasteiger partial charge in [0.1, 0.15) is 17.6 Å². The summed E-state index contributed by atoms with van der Waals surface area (Å²) >= 11 is 0. The lowest BCUT2D eigenvalue weighted by Crippen LogP contribution is -1.88. The molecule has 0 bridgehead atoms. The molecule has 0 radical (unpaired) electrons. The maximum absolute atomic E-state index is 4.44. The monoisotopic (exact) mass is 312 g/mol. The van der Waals surface area contributed by atoms with Crippen LogP contribution >= 0.6 is 0 Å². The van der Waals surface area contributed by atoms with Crippen molar-refractivity contribution in [2.75, 3.05) is 0 Å². The highest BCUT2D eigenvalue weighted by atomic mass is 14.9. The molecule has 0 saturated carbocycles. The van der Waals surface area contributed by atoms with E-state index >= 15 is 0 Å². The smallest absolute Gasteiger partial charge is 0.137 e. The molecular formula is C18H12N6. The fourth-order valence-electron chi connectivity index (χ4n) is 2.99. The molecule has 0 aliphatic carbocycles. The number of aromatic nitrogens is 6. The van der Waals surface area contributed by atoms with E-state index in [2.05, 4.69) is 29.9 Å². The van der Waals surface area contributed by atoms with Gasteiger partial charge < -0.3 is 9.97 Å². The molecule has 2 N–H and O–H groups in total. The van der Waals surface area contributed by atoms with Crippen LogP contribution in [0.2, 0.25) is 0 Å². The molecule has 0 atom stereocenters. The van der Waals surface area contributed by atoms with Crippen molar-refractivity contribution in [3.8, 4) is 22.5 Å². The molecule has 0 amide bonds. The van der Waals surface area contributed by atoms with E-state index in [1.807, 2.05) is 42.7 Å². The number of hydrogen-bond acceptors (Lipinski definition) is 4. The van der Waals surface area contributed by atoms with Crippen molar-refractivity contribution < 1.29 is 0 Å². The second kappa shape index (κ2) is 4.99. The SMILES string of the molecule is c1cnc2[nH]cc(-c3cc(-c4c[nH]c5ncccc45)ncn3)c2c1. The van der Waals surface area contributed by atoms with Crippen molar-refractivity contribution in [3.05, 3.63) is 61.4 Å². The third-order valence-electron chi connectivity index (χ3n) is 4.12. The van der Waals surface area contributed by atoms with E-state index in [0.717, 1.165) is 44.6 Å². The minimum Gasteiger partial charge on any atom is -0.345 e. The summed E-state index contributed by atoms with van der Waals surface area (Å²) in [5.74, 6) is 0. The zero-order valence-corrected chi connectivity index (χ0v) is 12.6. The summed E-state index contributed by atoms with van der Waals surface area (Å²) in [5.41, 5.74) is 5.45. The van der Waals surface area contributed by atoms with Gasteiger partial charge in [-0.2, -0.15) is 0 Å². The summed E-state index contributed by atoms with van der Waals surface area (Å²) in [7, 11) is 0. The van der Waals surface area contributed by atoms with E-state index in [-0.39, 0.29) is 0 Å². The molecule has 0 unspecified atom stereocenters. The fourth-order valence-corrected chi connectivity index (χ4v) is 2.99. The number of hydrogen-bond donors (Lipinski definition) is 2. The second-order valence-electron chi connectivity index (χ2n) is 5.49. The second-order valence-corrected chi connectivity index (χ2v) is 5.49. The van der Waals surface area contributed by atoms with Crippen LogP contribution in [-0.2, 0) is 0 Å². The van der Waals surface area contributed by atoms with E-state index in [9.17, 15) is 0 Å². The van der Waals surface area contributed by atoms with Gasteiger partial charge in [-0.1, -0.05) is 0 Å². The van der Waals surface area contributed by atoms with E-state index in [1.54, 1.807) is 18.7 Å². The Kier molecular flexibility index (Phi) is 2.69. The Balaban J connectivity index is 1.69. The fraction of sp³-hybridized carbons (Fsp3) is 0. The highest BCUT2D eigenvalue weighted by molar-refractivity contribution is 5.95. The van der Waals surface area contributed by atoms with Crippen LogP contribution in [0.5, 0.6) is 0 Å². The van der Waals surface area contributed by atoms with Gasteiger partial charge in [0, 0.05) is 46.7 Å². The summed E-state index contributed by atoms with van der Waals surface area (Å²) < 4.78 is 0. The minimum atomic E-state index is 0.851. The standard InChI is InChI=1S/C18H12N6/c1-3-11-13(8-21-17(11)19-5-1)15-7-16(24-10-23-15)14-9-22-18-12(14)4-2-6-20-18/h1-10H,(H,19,21)(H,20,22). The molecule has 0 aliphatic rings. The normalized spacial score (nSPS) is 11.3. The van der Waals surface area contributed by atoms with Gasteiger partial charge in [-0.3, -0.25) is 0 Å². The predicted molar refractivity (Wildman–Crippen MR) is 92.2 cm³/mol. The predicted octanol–water partition coefficient (Wildman–Crippen LogP) is 3.56. The number of fused-ring (bicyclic) bond motifs is 2. The van der Waals surface area contributed by atoms with Gasteiger partial charge in [-0.25, -0.2) is 19.9 Å². The minimum absolute atomic E-state index is 0.851. The molecule has 114 valence electrons. The van der Waals surface area contributed by atoms with E-state index in [4.69, 9.17) is 0 Å². The van der Waals surface area contributed by atoms with E-state index in [0.29, 0.717) is 0 Å². The number of rotatable bonds is 2. The average Bonchev–Trinajstić information content (AvgIpc) is 3.26. The summed E-state index contributed by atoms with van der Waals surface area (Å²) in [6, 6.07) is 9.91. The molecule has 5 rings (SSSR count). The van der Waals surface area contributed by atoms with Crippen molar-refractivity contribution >= 4 is 22.1 Å². The van der Waals surface area contributed by atoms with Crippen LogP contribution in [-0.4, -0.2) is 29.9 Å². The largest absolute Gasteiger partial charge is 0.345 e. The Hall–Kier alpha value is -3.54. The number of nitrogens with zero attached hydrogens (tertiary/aromatic N) is 4. The Bertz CT molecular complexity index is 1080. The molecule has 0 saturated heterocycles. The molecule has 5 heterocycles. The first-order valence-corrected chi connectivity index (χ1v) is 7.57. The maximum Gasteiger partial charge on any atom is 0.137 e. The molecule has 0 aliphatic heterocycles. The average molecular weight is 312 g/mol. The molecule has 0 fully saturated rings. The van der Waals surface area contributed by atoms with Crippen molar-refractivity contribution in [1.82, 2.24) is 29.9 Å². The summed E-state index contributed by atoms with van der Waals surface area (Å²) in [6.45, 7) is 0. The number of H-pyrrole nitrogens is 2. The molecule has 5 aromatic rings. The Morgan fingerprint density at radius 3 is 1.75 bits per heavy atom. The quantitative estimate of drug-likeness (QED) is 0.522. The van der Waals surface area contributed by atoms with Crippen LogP contribution in [0.3, 0.4) is 0 Å². The van der Waals surface area contributed by atoms with Crippen LogP contribution in [0.1, 0.15) is 0 Å². The lowest BCUT2D eigenvalue weighted by molar-refractivity contribution is 1.18. The molecular weight excluding hydrogens is 300 g/mol. The molecule has 5 aromatic heterocycles. The zero-order chi connectivity index (χ0) is 15.9. The van der Waals surface area contributed by atoms with Crippen LogP contribution in [0.15, 0.2) is 61.4 Å². The Labute approximate surface area is 136 Å². The van der Waals surface area contributed by atoms with Crippen molar-refractivity contribution in [2.45, 2.75) is 0 Å². The van der Waals surface area contributed by atoms with Gasteiger partial charge in [-0.05, 0) is 30.3 Å². The lowest BCUT2D eigenvalue weighted by atomic mass is 10.1. The third kappa shape index (κ3) is 1.90. The van der Waals surface area contributed by atoms with Gasteiger partial charge in [-0.15, -0.1) is 0 Å². The molecule has 0 spiro atoms. The summed E-state index contributed by atoms with van der Waals surface area (Å²) in [4.78, 5) is 23.9. The van der Waals surface area contributed by atoms with Gasteiger partial charge in [0.15, 0.2) is 0 Å². The van der Waals surface area contributed by atoms with Crippen molar-refractivity contribution in [2.24, 2.45) is 0 Å². The van der Waals surface area contributed by atoms with Crippen LogP contribution < -0.4 is 0 Å². The number of nitrogens with one attached hydrogen (secondary N) is 2. The Morgan fingerprint density at radius 1 is 0.667 bits per heavy atom. The highest BCUT2D eigenvalue weighted by Crippen LogP contribution is 2.30. The third-order valence-corrected chi connectivity index (χ3v) is 4.12. The van der Waals surface area contributed by atoms with Gasteiger partial charge in [0.05, 0.1) is 11.4 Å². The van der Waals surface area contributed by atoms with E-state index in [1.165, 1.54) is 0 Å². The first kappa shape index (κ1) is 13.0. The van der Waals surface area contributed by atoms with E-state index < -0.39 is 0 Å². The number of pyridine rings is 2. The maximum atomic E-state index is 4.44. The van der Waals surface area contributed by atoms with Crippen LogP contribution in [0.25, 0.3) is 44.6 Å². The topological polar surface area (TPSA) is 83.1 Å². The summed E-state index contributed by atoms with van der Waals surface area (Å²) in [5, 5.41) is 2.09.